The number of carbonyl (C=O) groups excluding carboxylic acids is 1. The highest BCUT2D eigenvalue weighted by atomic mass is 35.5. The van der Waals surface area contributed by atoms with Gasteiger partial charge in [-0.3, -0.25) is 4.79 Å². The molecule has 0 aliphatic carbocycles. The number of rotatable bonds is 3. The summed E-state index contributed by atoms with van der Waals surface area (Å²) in [5.41, 5.74) is 3.13. The molecule has 1 fully saturated rings. The second-order valence-electron chi connectivity index (χ2n) is 6.01. The Morgan fingerprint density at radius 3 is 2.92 bits per heavy atom. The van der Waals surface area contributed by atoms with Gasteiger partial charge in [0.05, 0.1) is 18.2 Å². The molecule has 0 saturated carbocycles. The average Bonchev–Trinajstić information content (AvgIpc) is 3.26. The molecule has 1 unspecified atom stereocenters. The predicted octanol–water partition coefficient (Wildman–Crippen LogP) is 3.08. The molecule has 1 aromatic carbocycles. The smallest absolute Gasteiger partial charge is 0.229 e. The van der Waals surface area contributed by atoms with Gasteiger partial charge in [0.1, 0.15) is 11.6 Å². The number of aromatic nitrogens is 1. The number of nitrogens with zero attached hydrogens (tertiary/aromatic N) is 1. The van der Waals surface area contributed by atoms with Crippen molar-refractivity contribution in [1.29, 1.82) is 0 Å². The van der Waals surface area contributed by atoms with Crippen molar-refractivity contribution in [3.63, 3.8) is 0 Å². The van der Waals surface area contributed by atoms with Crippen LogP contribution in [0, 0.1) is 5.92 Å². The van der Waals surface area contributed by atoms with E-state index in [-0.39, 0.29) is 36.6 Å². The molecule has 2 N–H and O–H groups in total. The lowest BCUT2D eigenvalue weighted by molar-refractivity contribution is -0.119. The molecule has 0 spiro atoms. The van der Waals surface area contributed by atoms with E-state index in [0.29, 0.717) is 5.82 Å². The second-order valence-corrected chi connectivity index (χ2v) is 6.01. The number of benzene rings is 1. The summed E-state index contributed by atoms with van der Waals surface area (Å²) in [5, 5.41) is 6.14. The number of carbonyl (C=O) groups is 1. The van der Waals surface area contributed by atoms with Crippen molar-refractivity contribution in [3.8, 4) is 17.0 Å². The van der Waals surface area contributed by atoms with Crippen LogP contribution >= 0.6 is 24.8 Å². The average molecular weight is 382 g/mol. The van der Waals surface area contributed by atoms with E-state index in [1.165, 1.54) is 5.56 Å². The lowest BCUT2D eigenvalue weighted by Crippen LogP contribution is -2.25. The van der Waals surface area contributed by atoms with Gasteiger partial charge in [0.25, 0.3) is 0 Å². The van der Waals surface area contributed by atoms with E-state index in [2.05, 4.69) is 21.7 Å². The summed E-state index contributed by atoms with van der Waals surface area (Å²) in [5.74, 6) is 1.66. The third kappa shape index (κ3) is 4.24. The van der Waals surface area contributed by atoms with Crippen molar-refractivity contribution >= 4 is 36.5 Å². The van der Waals surface area contributed by atoms with Gasteiger partial charge in [0.15, 0.2) is 0 Å². The van der Waals surface area contributed by atoms with Crippen LogP contribution in [0.2, 0.25) is 0 Å². The van der Waals surface area contributed by atoms with Gasteiger partial charge in [-0.05, 0) is 48.9 Å². The number of halogens is 2. The maximum Gasteiger partial charge on any atom is 0.229 e. The zero-order valence-corrected chi connectivity index (χ0v) is 15.3. The fourth-order valence-electron chi connectivity index (χ4n) is 3.12. The number of hydrogen-bond donors (Lipinski definition) is 2. The highest BCUT2D eigenvalue weighted by Gasteiger charge is 2.22. The summed E-state index contributed by atoms with van der Waals surface area (Å²) in [7, 11) is 0. The van der Waals surface area contributed by atoms with E-state index >= 15 is 0 Å². The molecule has 1 atom stereocenters. The third-order valence-corrected chi connectivity index (χ3v) is 4.42. The first-order valence-corrected chi connectivity index (χ1v) is 8.04. The van der Waals surface area contributed by atoms with Crippen molar-refractivity contribution in [3.05, 3.63) is 42.0 Å². The molecule has 2 aliphatic rings. The molecule has 0 radical (unpaired) electrons. The molecule has 134 valence electrons. The highest BCUT2D eigenvalue weighted by molar-refractivity contribution is 5.92. The van der Waals surface area contributed by atoms with Crippen LogP contribution in [-0.2, 0) is 11.2 Å². The molecule has 25 heavy (non-hydrogen) atoms. The fourth-order valence-corrected chi connectivity index (χ4v) is 3.12. The number of hydrogen-bond acceptors (Lipinski definition) is 4. The monoisotopic (exact) mass is 381 g/mol. The quantitative estimate of drug-likeness (QED) is 0.857. The first kappa shape index (κ1) is 19.5. The molecule has 2 aliphatic heterocycles. The van der Waals surface area contributed by atoms with Gasteiger partial charge in [-0.2, -0.15) is 0 Å². The Morgan fingerprint density at radius 2 is 2.12 bits per heavy atom. The SMILES string of the molecule is Cl.Cl.O=C(Nc1cccc(-c2ccc3c(c2)CCO3)n1)C1CCNC1. The fraction of sp³-hybridized carbons (Fsp3) is 0.333. The van der Waals surface area contributed by atoms with Gasteiger partial charge >= 0.3 is 0 Å². The standard InChI is InChI=1S/C18H19N3O2.2ClH/c22-18(14-6-8-19-11-14)21-17-3-1-2-15(20-17)12-4-5-16-13(10-12)7-9-23-16;;/h1-5,10,14,19H,6-9,11H2,(H,20,21,22);2*1H. The highest BCUT2D eigenvalue weighted by Crippen LogP contribution is 2.30. The molecular formula is C18H21Cl2N3O2. The van der Waals surface area contributed by atoms with Crippen molar-refractivity contribution < 1.29 is 9.53 Å². The summed E-state index contributed by atoms with van der Waals surface area (Å²) in [6, 6.07) is 11.9. The third-order valence-electron chi connectivity index (χ3n) is 4.42. The Balaban J connectivity index is 0.00000113. The molecule has 1 amide bonds. The Kier molecular flexibility index (Phi) is 6.64. The van der Waals surface area contributed by atoms with Crippen molar-refractivity contribution in [1.82, 2.24) is 10.3 Å². The first-order chi connectivity index (χ1) is 11.3. The minimum Gasteiger partial charge on any atom is -0.493 e. The second kappa shape index (κ2) is 8.52. The molecule has 1 saturated heterocycles. The van der Waals surface area contributed by atoms with Crippen LogP contribution in [0.5, 0.6) is 5.75 Å². The van der Waals surface area contributed by atoms with E-state index in [1.807, 2.05) is 30.3 Å². The Hall–Kier alpha value is -1.82. The lowest BCUT2D eigenvalue weighted by atomic mass is 10.1. The van der Waals surface area contributed by atoms with E-state index in [0.717, 1.165) is 49.5 Å². The number of anilines is 1. The number of ether oxygens (including phenoxy) is 1. The number of pyridine rings is 1. The van der Waals surface area contributed by atoms with Crippen LogP contribution in [0.15, 0.2) is 36.4 Å². The maximum atomic E-state index is 12.2. The first-order valence-electron chi connectivity index (χ1n) is 8.04. The summed E-state index contributed by atoms with van der Waals surface area (Å²) < 4.78 is 5.54. The normalized spacial score (nSPS) is 17.7. The summed E-state index contributed by atoms with van der Waals surface area (Å²) in [6.45, 7) is 2.40. The number of nitrogens with one attached hydrogen (secondary N) is 2. The summed E-state index contributed by atoms with van der Waals surface area (Å²) in [6.07, 6.45) is 1.82. The van der Waals surface area contributed by atoms with Gasteiger partial charge in [0.2, 0.25) is 5.91 Å². The molecular weight excluding hydrogens is 361 g/mol. The van der Waals surface area contributed by atoms with Gasteiger partial charge in [0, 0.05) is 18.5 Å². The Labute approximate surface area is 159 Å². The molecule has 5 nitrogen and oxygen atoms in total. The lowest BCUT2D eigenvalue weighted by Gasteiger charge is -2.10. The summed E-state index contributed by atoms with van der Waals surface area (Å²) >= 11 is 0. The molecule has 0 bridgehead atoms. The minimum absolute atomic E-state index is 0. The van der Waals surface area contributed by atoms with Crippen LogP contribution < -0.4 is 15.4 Å². The summed E-state index contributed by atoms with van der Waals surface area (Å²) in [4.78, 5) is 16.8. The largest absolute Gasteiger partial charge is 0.493 e. The van der Waals surface area contributed by atoms with Crippen LogP contribution in [-0.4, -0.2) is 30.6 Å². The van der Waals surface area contributed by atoms with Crippen LogP contribution in [0.25, 0.3) is 11.3 Å². The molecule has 2 aromatic rings. The van der Waals surface area contributed by atoms with Crippen LogP contribution in [0.1, 0.15) is 12.0 Å². The van der Waals surface area contributed by atoms with E-state index in [1.54, 1.807) is 0 Å². The number of fused-ring (bicyclic) bond motifs is 1. The molecule has 7 heteroatoms. The van der Waals surface area contributed by atoms with E-state index in [9.17, 15) is 4.79 Å². The zero-order chi connectivity index (χ0) is 15.6. The van der Waals surface area contributed by atoms with Gasteiger partial charge in [-0.25, -0.2) is 4.98 Å². The molecule has 3 heterocycles. The van der Waals surface area contributed by atoms with Crippen LogP contribution in [0.4, 0.5) is 5.82 Å². The van der Waals surface area contributed by atoms with Crippen molar-refractivity contribution in [2.24, 2.45) is 5.92 Å². The van der Waals surface area contributed by atoms with Crippen molar-refractivity contribution in [2.45, 2.75) is 12.8 Å². The minimum atomic E-state index is 0. The van der Waals surface area contributed by atoms with Crippen LogP contribution in [0.3, 0.4) is 0 Å². The van der Waals surface area contributed by atoms with Gasteiger partial charge < -0.3 is 15.4 Å². The Morgan fingerprint density at radius 1 is 1.24 bits per heavy atom. The zero-order valence-electron chi connectivity index (χ0n) is 13.7. The molecule has 1 aromatic heterocycles. The van der Waals surface area contributed by atoms with Gasteiger partial charge in [-0.1, -0.05) is 6.07 Å². The molecule has 4 rings (SSSR count). The van der Waals surface area contributed by atoms with Crippen molar-refractivity contribution in [2.75, 3.05) is 25.0 Å². The van der Waals surface area contributed by atoms with E-state index < -0.39 is 0 Å². The predicted molar refractivity (Wildman–Crippen MR) is 103 cm³/mol. The Bertz CT molecular complexity index is 749. The topological polar surface area (TPSA) is 63.2 Å². The number of amides is 1. The van der Waals surface area contributed by atoms with E-state index in [4.69, 9.17) is 4.74 Å². The maximum absolute atomic E-state index is 12.2. The van der Waals surface area contributed by atoms with Gasteiger partial charge in [-0.15, -0.1) is 24.8 Å².